The third-order valence-corrected chi connectivity index (χ3v) is 4.53. The van der Waals surface area contributed by atoms with Crippen molar-refractivity contribution in [2.24, 2.45) is 4.99 Å². The Morgan fingerprint density at radius 2 is 2.19 bits per heavy atom. The summed E-state index contributed by atoms with van der Waals surface area (Å²) in [6, 6.07) is 4.35. The Labute approximate surface area is 132 Å². The Bertz CT molecular complexity index is 445. The van der Waals surface area contributed by atoms with Gasteiger partial charge in [-0.2, -0.15) is 0 Å². The summed E-state index contributed by atoms with van der Waals surface area (Å²) < 4.78 is 0. The van der Waals surface area contributed by atoms with Crippen molar-refractivity contribution in [1.82, 2.24) is 15.1 Å². The first-order chi connectivity index (χ1) is 10.3. The molecule has 4 nitrogen and oxygen atoms in total. The molecule has 2 heterocycles. The summed E-state index contributed by atoms with van der Waals surface area (Å²) >= 11 is 1.85. The lowest BCUT2D eigenvalue weighted by Crippen LogP contribution is -2.52. The van der Waals surface area contributed by atoms with Crippen LogP contribution >= 0.6 is 11.3 Å². The van der Waals surface area contributed by atoms with Gasteiger partial charge in [0.05, 0.1) is 0 Å². The van der Waals surface area contributed by atoms with Gasteiger partial charge in [0, 0.05) is 51.2 Å². The molecule has 0 spiro atoms. The fourth-order valence-electron chi connectivity index (χ4n) is 2.51. The van der Waals surface area contributed by atoms with Crippen LogP contribution in [-0.4, -0.2) is 55.5 Å². The highest BCUT2D eigenvalue weighted by Gasteiger charge is 2.19. The molecule has 0 saturated carbocycles. The maximum atomic E-state index is 4.40. The Morgan fingerprint density at radius 3 is 2.81 bits per heavy atom. The van der Waals surface area contributed by atoms with Crippen LogP contribution in [0.5, 0.6) is 0 Å². The number of allylic oxidation sites excluding steroid dienone is 1. The van der Waals surface area contributed by atoms with Gasteiger partial charge in [-0.15, -0.1) is 11.3 Å². The van der Waals surface area contributed by atoms with E-state index in [1.807, 2.05) is 18.4 Å². The van der Waals surface area contributed by atoms with E-state index < -0.39 is 0 Å². The number of thiophene rings is 1. The van der Waals surface area contributed by atoms with E-state index in [2.05, 4.69) is 56.7 Å². The van der Waals surface area contributed by atoms with Crippen LogP contribution in [0, 0.1) is 0 Å². The lowest BCUT2D eigenvalue weighted by molar-refractivity contribution is 0.174. The fraction of sp³-hybridized carbons (Fsp3) is 0.562. The standard InChI is InChI=1S/C16H26N4S/c1-3-4-5-8-18-16(17-2)20-11-9-19(10-12-20)14-15-7-6-13-21-15/h3-4,6-7,13H,5,8-12,14H2,1-2H3,(H,17,18). The highest BCUT2D eigenvalue weighted by atomic mass is 32.1. The van der Waals surface area contributed by atoms with Gasteiger partial charge in [-0.3, -0.25) is 9.89 Å². The number of hydrogen-bond acceptors (Lipinski definition) is 3. The second kappa shape index (κ2) is 8.85. The van der Waals surface area contributed by atoms with Crippen LogP contribution in [0.3, 0.4) is 0 Å². The van der Waals surface area contributed by atoms with Crippen LogP contribution in [0.1, 0.15) is 18.2 Å². The minimum atomic E-state index is 0.951. The smallest absolute Gasteiger partial charge is 0.193 e. The lowest BCUT2D eigenvalue weighted by Gasteiger charge is -2.36. The second-order valence-electron chi connectivity index (χ2n) is 5.17. The zero-order chi connectivity index (χ0) is 14.9. The first-order valence-electron chi connectivity index (χ1n) is 7.65. The molecule has 5 heteroatoms. The maximum absolute atomic E-state index is 4.40. The number of hydrogen-bond donors (Lipinski definition) is 1. The third-order valence-electron chi connectivity index (χ3n) is 3.67. The Hall–Kier alpha value is -1.33. The predicted octanol–water partition coefficient (Wildman–Crippen LogP) is 2.41. The van der Waals surface area contributed by atoms with Crippen LogP contribution in [0.4, 0.5) is 0 Å². The van der Waals surface area contributed by atoms with Crippen molar-refractivity contribution in [3.05, 3.63) is 34.5 Å². The van der Waals surface area contributed by atoms with Crippen molar-refractivity contribution in [2.45, 2.75) is 19.9 Å². The molecule has 0 aromatic carbocycles. The molecule has 0 unspecified atom stereocenters. The van der Waals surface area contributed by atoms with Gasteiger partial charge < -0.3 is 10.2 Å². The Balaban J connectivity index is 1.73. The van der Waals surface area contributed by atoms with Crippen molar-refractivity contribution in [2.75, 3.05) is 39.8 Å². The minimum Gasteiger partial charge on any atom is -0.356 e. The second-order valence-corrected chi connectivity index (χ2v) is 6.21. The van der Waals surface area contributed by atoms with Gasteiger partial charge in [-0.05, 0) is 24.8 Å². The Morgan fingerprint density at radius 1 is 1.38 bits per heavy atom. The molecule has 1 aliphatic heterocycles. The quantitative estimate of drug-likeness (QED) is 0.392. The van der Waals surface area contributed by atoms with E-state index in [0.29, 0.717) is 0 Å². The fourth-order valence-corrected chi connectivity index (χ4v) is 3.25. The van der Waals surface area contributed by atoms with Gasteiger partial charge in [-0.25, -0.2) is 0 Å². The molecule has 1 aromatic rings. The molecule has 1 N–H and O–H groups in total. The van der Waals surface area contributed by atoms with Gasteiger partial charge in [0.15, 0.2) is 5.96 Å². The molecule has 116 valence electrons. The zero-order valence-electron chi connectivity index (χ0n) is 13.1. The molecular weight excluding hydrogens is 280 g/mol. The first kappa shape index (κ1) is 16.0. The highest BCUT2D eigenvalue weighted by molar-refractivity contribution is 7.09. The summed E-state index contributed by atoms with van der Waals surface area (Å²) in [5, 5.41) is 5.60. The van der Waals surface area contributed by atoms with Crippen LogP contribution in [0.25, 0.3) is 0 Å². The molecule has 0 amide bonds. The van der Waals surface area contributed by atoms with E-state index in [1.54, 1.807) is 0 Å². The number of piperazine rings is 1. The molecule has 0 atom stereocenters. The Kier molecular flexibility index (Phi) is 6.76. The monoisotopic (exact) mass is 306 g/mol. The highest BCUT2D eigenvalue weighted by Crippen LogP contribution is 2.13. The summed E-state index contributed by atoms with van der Waals surface area (Å²) in [7, 11) is 1.87. The number of aliphatic imine (C=N–C) groups is 1. The summed E-state index contributed by atoms with van der Waals surface area (Å²) in [4.78, 5) is 10.7. The number of guanidine groups is 1. The van der Waals surface area contributed by atoms with Crippen molar-refractivity contribution >= 4 is 17.3 Å². The summed E-state index contributed by atoms with van der Waals surface area (Å²) in [6.07, 6.45) is 5.32. The first-order valence-corrected chi connectivity index (χ1v) is 8.53. The molecule has 0 radical (unpaired) electrons. The molecule has 21 heavy (non-hydrogen) atoms. The van der Waals surface area contributed by atoms with Crippen LogP contribution in [-0.2, 0) is 6.54 Å². The van der Waals surface area contributed by atoms with Gasteiger partial charge in [0.1, 0.15) is 0 Å². The molecule has 1 saturated heterocycles. The summed E-state index contributed by atoms with van der Waals surface area (Å²) in [5.41, 5.74) is 0. The SMILES string of the molecule is CC=CCCNC(=NC)N1CCN(Cc2cccs2)CC1. The van der Waals surface area contributed by atoms with Gasteiger partial charge >= 0.3 is 0 Å². The van der Waals surface area contributed by atoms with Gasteiger partial charge in [0.25, 0.3) is 0 Å². The number of nitrogens with one attached hydrogen (secondary N) is 1. The molecule has 1 aromatic heterocycles. The maximum Gasteiger partial charge on any atom is 0.193 e. The number of rotatable bonds is 5. The molecule has 1 fully saturated rings. The predicted molar refractivity (Wildman–Crippen MR) is 92.0 cm³/mol. The molecule has 1 aliphatic rings. The average Bonchev–Trinajstić information content (AvgIpc) is 3.02. The van der Waals surface area contributed by atoms with E-state index in [1.165, 1.54) is 4.88 Å². The molecule has 0 bridgehead atoms. The molecule has 0 aliphatic carbocycles. The van der Waals surface area contributed by atoms with E-state index in [0.717, 1.165) is 51.6 Å². The summed E-state index contributed by atoms with van der Waals surface area (Å²) in [5.74, 6) is 1.04. The van der Waals surface area contributed by atoms with Crippen molar-refractivity contribution in [3.63, 3.8) is 0 Å². The van der Waals surface area contributed by atoms with E-state index in [4.69, 9.17) is 0 Å². The normalized spacial score (nSPS) is 17.6. The largest absolute Gasteiger partial charge is 0.356 e. The van der Waals surface area contributed by atoms with E-state index >= 15 is 0 Å². The van der Waals surface area contributed by atoms with Crippen molar-refractivity contribution in [1.29, 1.82) is 0 Å². The van der Waals surface area contributed by atoms with Crippen LogP contribution < -0.4 is 5.32 Å². The van der Waals surface area contributed by atoms with Crippen molar-refractivity contribution in [3.8, 4) is 0 Å². The topological polar surface area (TPSA) is 30.9 Å². The van der Waals surface area contributed by atoms with Gasteiger partial charge in [0.2, 0.25) is 0 Å². The van der Waals surface area contributed by atoms with E-state index in [-0.39, 0.29) is 0 Å². The van der Waals surface area contributed by atoms with Crippen LogP contribution in [0.15, 0.2) is 34.7 Å². The average molecular weight is 306 g/mol. The van der Waals surface area contributed by atoms with Crippen LogP contribution in [0.2, 0.25) is 0 Å². The van der Waals surface area contributed by atoms with Crippen molar-refractivity contribution < 1.29 is 0 Å². The molecular formula is C16H26N4S. The summed E-state index contributed by atoms with van der Waals surface area (Å²) in [6.45, 7) is 8.40. The minimum absolute atomic E-state index is 0.951. The van der Waals surface area contributed by atoms with E-state index in [9.17, 15) is 0 Å². The zero-order valence-corrected chi connectivity index (χ0v) is 13.9. The third kappa shape index (κ3) is 5.17. The molecule has 2 rings (SSSR count). The van der Waals surface area contributed by atoms with Gasteiger partial charge in [-0.1, -0.05) is 18.2 Å². The lowest BCUT2D eigenvalue weighted by atomic mass is 10.3. The number of nitrogens with zero attached hydrogens (tertiary/aromatic N) is 3.